The van der Waals surface area contributed by atoms with Crippen LogP contribution in [0.2, 0.25) is 0 Å². The van der Waals surface area contributed by atoms with Gasteiger partial charge in [0.25, 0.3) is 0 Å². The summed E-state index contributed by atoms with van der Waals surface area (Å²) in [6.45, 7) is 0. The van der Waals surface area contributed by atoms with E-state index in [4.69, 9.17) is 96.2 Å². The molecule has 0 aromatic carbocycles. The first kappa shape index (κ1) is 42.1. The average molecular weight is 634 g/mol. The van der Waals surface area contributed by atoms with E-state index in [2.05, 4.69) is 0 Å². The second-order valence-electron chi connectivity index (χ2n) is 2.57. The third-order valence-electron chi connectivity index (χ3n) is 0. The van der Waals surface area contributed by atoms with Crippen molar-refractivity contribution < 1.29 is 137 Å². The van der Waals surface area contributed by atoms with Gasteiger partial charge in [-0.2, -0.15) is 0 Å². The molecule has 0 unspecified atom stereocenters. The Bertz CT molecular complexity index is 371. The van der Waals surface area contributed by atoms with Crippen molar-refractivity contribution in [2.45, 2.75) is 0 Å². The molecule has 0 fully saturated rings. The van der Waals surface area contributed by atoms with Gasteiger partial charge in [0.1, 0.15) is 0 Å². The van der Waals surface area contributed by atoms with Crippen LogP contribution in [0.15, 0.2) is 0 Å². The minimum absolute atomic E-state index is 0. The van der Waals surface area contributed by atoms with E-state index >= 15 is 0 Å². The predicted octanol–water partition coefficient (Wildman–Crippen LogP) is -4.64. The second kappa shape index (κ2) is 17.7. The van der Waals surface area contributed by atoms with Crippen LogP contribution < -0.4 is 0 Å². The number of hydrogen-bond donors (Lipinski definition) is 15. The SMILES string of the molecule is O=P(O)(O)O.O=P(O)(O)O.O=P(O)(O)O.O=P(O)(O)O.O=P(O)(O)O.[Nd]. The minimum atomic E-state index is -4.64. The summed E-state index contributed by atoms with van der Waals surface area (Å²) in [7, 11) is -23.2. The zero-order valence-electron chi connectivity index (χ0n) is 11.5. The number of rotatable bonds is 0. The molecule has 0 atom stereocenters. The van der Waals surface area contributed by atoms with Crippen LogP contribution in [-0.4, -0.2) is 73.4 Å². The monoisotopic (exact) mass is 632 g/mol. The molecule has 26 heavy (non-hydrogen) atoms. The Morgan fingerprint density at radius 3 is 0.269 bits per heavy atom. The normalized spacial score (nSPS) is 11.3. The molecule has 0 aliphatic carbocycles. The molecule has 0 aliphatic heterocycles. The molecule has 15 N–H and O–H groups in total. The summed E-state index contributed by atoms with van der Waals surface area (Å²) in [4.78, 5) is 108. The second-order valence-corrected chi connectivity index (χ2v) is 7.70. The fourth-order valence-electron chi connectivity index (χ4n) is 0. The quantitative estimate of drug-likeness (QED) is 0.111. The van der Waals surface area contributed by atoms with E-state index in [0.717, 1.165) is 0 Å². The smallest absolute Gasteiger partial charge is 0.303 e. The van der Waals surface area contributed by atoms with Crippen molar-refractivity contribution in [1.29, 1.82) is 0 Å². The molecule has 0 rings (SSSR count). The van der Waals surface area contributed by atoms with Crippen molar-refractivity contribution in [2.24, 2.45) is 0 Å². The van der Waals surface area contributed by atoms with Crippen LogP contribution in [0.4, 0.5) is 0 Å². The fraction of sp³-hybridized carbons (Fsp3) is 0. The molecular formula is H15NdO20P5. The molecule has 0 bridgehead atoms. The molecule has 0 aromatic heterocycles. The third-order valence-corrected chi connectivity index (χ3v) is 0. The van der Waals surface area contributed by atoms with Crippen LogP contribution in [0.5, 0.6) is 0 Å². The van der Waals surface area contributed by atoms with Gasteiger partial charge in [0.15, 0.2) is 0 Å². The van der Waals surface area contributed by atoms with Gasteiger partial charge in [-0.3, -0.25) is 0 Å². The Labute approximate surface area is 175 Å². The molecule has 20 nitrogen and oxygen atoms in total. The minimum Gasteiger partial charge on any atom is -0.303 e. The topological polar surface area (TPSA) is 389 Å². The molecular weight excluding hydrogens is 619 g/mol. The van der Waals surface area contributed by atoms with Crippen LogP contribution in [0.25, 0.3) is 0 Å². The summed E-state index contributed by atoms with van der Waals surface area (Å²) in [6, 6.07) is 0. The molecule has 164 valence electrons. The van der Waals surface area contributed by atoms with Crippen molar-refractivity contribution >= 4 is 39.1 Å². The van der Waals surface area contributed by atoms with E-state index in [1.807, 2.05) is 0 Å². The van der Waals surface area contributed by atoms with Crippen LogP contribution in [0, 0.1) is 40.8 Å². The van der Waals surface area contributed by atoms with Gasteiger partial charge in [-0.25, -0.2) is 22.8 Å². The van der Waals surface area contributed by atoms with E-state index in [9.17, 15) is 0 Å². The molecule has 0 heterocycles. The van der Waals surface area contributed by atoms with Crippen LogP contribution in [-0.2, 0) is 22.8 Å². The maximum atomic E-state index is 8.88. The van der Waals surface area contributed by atoms with E-state index in [1.54, 1.807) is 0 Å². The summed E-state index contributed by atoms with van der Waals surface area (Å²) in [5.74, 6) is 0. The number of phosphoric acid groups is 5. The number of hydrogen-bond acceptors (Lipinski definition) is 5. The maximum absolute atomic E-state index is 8.88. The van der Waals surface area contributed by atoms with Gasteiger partial charge >= 0.3 is 39.1 Å². The van der Waals surface area contributed by atoms with Gasteiger partial charge < -0.3 is 73.4 Å². The molecule has 0 amide bonds. The van der Waals surface area contributed by atoms with Crippen molar-refractivity contribution in [3.63, 3.8) is 0 Å². The van der Waals surface area contributed by atoms with Crippen molar-refractivity contribution in [1.82, 2.24) is 0 Å². The van der Waals surface area contributed by atoms with Gasteiger partial charge in [-0.1, -0.05) is 0 Å². The first-order chi connectivity index (χ1) is 10.0. The Kier molecular flexibility index (Phi) is 28.7. The standard InChI is InChI=1S/Nd.5H3O4P/c;5*1-5(2,3)4/h;5*(H3,1,2,3,4). The summed E-state index contributed by atoms with van der Waals surface area (Å²) in [5.41, 5.74) is 0. The Morgan fingerprint density at radius 2 is 0.269 bits per heavy atom. The molecule has 0 radical (unpaired) electrons. The third kappa shape index (κ3) is 4450. The molecule has 0 spiro atoms. The van der Waals surface area contributed by atoms with Gasteiger partial charge in [0.05, 0.1) is 0 Å². The Balaban J connectivity index is -0.0000000476. The Morgan fingerprint density at radius 1 is 0.269 bits per heavy atom. The summed E-state index contributed by atoms with van der Waals surface area (Å²) in [5, 5.41) is 0. The molecule has 0 saturated carbocycles. The summed E-state index contributed by atoms with van der Waals surface area (Å²) < 4.78 is 44.4. The maximum Gasteiger partial charge on any atom is 0.466 e. The van der Waals surface area contributed by atoms with Crippen molar-refractivity contribution in [3.8, 4) is 0 Å². The van der Waals surface area contributed by atoms with Crippen LogP contribution in [0.3, 0.4) is 0 Å². The van der Waals surface area contributed by atoms with Crippen LogP contribution in [0.1, 0.15) is 0 Å². The molecule has 26 heteroatoms. The first-order valence-corrected chi connectivity index (χ1v) is 11.7. The van der Waals surface area contributed by atoms with E-state index in [1.165, 1.54) is 0 Å². The Hall–Kier alpha value is 1.90. The predicted molar refractivity (Wildman–Crippen MR) is 71.3 cm³/mol. The van der Waals surface area contributed by atoms with E-state index in [-0.39, 0.29) is 40.8 Å². The van der Waals surface area contributed by atoms with Gasteiger partial charge in [-0.05, 0) is 0 Å². The molecule has 0 saturated heterocycles. The van der Waals surface area contributed by atoms with Gasteiger partial charge in [-0.15, -0.1) is 0 Å². The summed E-state index contributed by atoms with van der Waals surface area (Å²) in [6.07, 6.45) is 0. The molecule has 0 aromatic rings. The van der Waals surface area contributed by atoms with E-state index < -0.39 is 39.1 Å². The summed E-state index contributed by atoms with van der Waals surface area (Å²) >= 11 is 0. The van der Waals surface area contributed by atoms with Crippen molar-refractivity contribution in [3.05, 3.63) is 0 Å². The largest absolute Gasteiger partial charge is 0.466 e. The zero-order valence-corrected chi connectivity index (χ0v) is 19.2. The van der Waals surface area contributed by atoms with E-state index in [0.29, 0.717) is 0 Å². The van der Waals surface area contributed by atoms with Gasteiger partial charge in [0, 0.05) is 40.8 Å². The average Bonchev–Trinajstić information content (AvgIpc) is 1.79. The van der Waals surface area contributed by atoms with Crippen LogP contribution >= 0.6 is 39.1 Å². The first-order valence-electron chi connectivity index (χ1n) is 3.91. The fourth-order valence-corrected chi connectivity index (χ4v) is 0. The van der Waals surface area contributed by atoms with Gasteiger partial charge in [0.2, 0.25) is 0 Å². The molecule has 0 aliphatic rings. The zero-order chi connectivity index (χ0) is 22.5. The van der Waals surface area contributed by atoms with Crippen molar-refractivity contribution in [2.75, 3.05) is 0 Å².